The highest BCUT2D eigenvalue weighted by Crippen LogP contribution is 2.53. The number of fused-ring (bicyclic) bond motifs is 3. The summed E-state index contributed by atoms with van der Waals surface area (Å²) >= 11 is 0. The quantitative estimate of drug-likeness (QED) is 0.764. The van der Waals surface area contributed by atoms with Crippen LogP contribution in [0.1, 0.15) is 66.1 Å². The first-order chi connectivity index (χ1) is 14.4. The Morgan fingerprint density at radius 3 is 2.63 bits per heavy atom. The van der Waals surface area contributed by atoms with Gasteiger partial charge in [0.15, 0.2) is 0 Å². The van der Waals surface area contributed by atoms with Gasteiger partial charge in [-0.1, -0.05) is 43.3 Å². The maximum atomic E-state index is 12.9. The molecule has 0 aliphatic heterocycles. The van der Waals surface area contributed by atoms with Crippen LogP contribution in [-0.2, 0) is 27.8 Å². The Morgan fingerprint density at radius 1 is 1.17 bits per heavy atom. The molecule has 2 aromatic rings. The van der Waals surface area contributed by atoms with Crippen LogP contribution in [0.5, 0.6) is 0 Å². The van der Waals surface area contributed by atoms with E-state index in [1.807, 2.05) is 31.2 Å². The summed E-state index contributed by atoms with van der Waals surface area (Å²) in [6, 6.07) is 16.1. The Morgan fingerprint density at radius 2 is 1.93 bits per heavy atom. The van der Waals surface area contributed by atoms with E-state index in [2.05, 4.69) is 24.3 Å². The molecule has 2 aliphatic carbocycles. The molecule has 1 fully saturated rings. The first-order valence-corrected chi connectivity index (χ1v) is 10.9. The number of carbonyl (C=O) groups excluding carboxylic acids is 2. The molecular weight excluding hydrogens is 376 g/mol. The van der Waals surface area contributed by atoms with E-state index < -0.39 is 5.60 Å². The van der Waals surface area contributed by atoms with E-state index in [0.29, 0.717) is 31.2 Å². The second-order valence-electron chi connectivity index (χ2n) is 9.08. The second-order valence-corrected chi connectivity index (χ2v) is 9.08. The molecule has 4 rings (SSSR count). The lowest BCUT2D eigenvalue weighted by molar-refractivity contribution is -0.121. The molecule has 0 saturated heterocycles. The van der Waals surface area contributed by atoms with Gasteiger partial charge in [0.05, 0.1) is 18.3 Å². The smallest absolute Gasteiger partial charge is 0.337 e. The predicted molar refractivity (Wildman–Crippen MR) is 116 cm³/mol. The molecule has 0 amide bonds. The van der Waals surface area contributed by atoms with Gasteiger partial charge in [-0.25, -0.2) is 4.79 Å². The van der Waals surface area contributed by atoms with Crippen LogP contribution in [-0.4, -0.2) is 29.6 Å². The fraction of sp³-hybridized carbons (Fsp3) is 0.462. The minimum Gasteiger partial charge on any atom is -0.465 e. The van der Waals surface area contributed by atoms with Crippen molar-refractivity contribution < 1.29 is 19.4 Å². The average Bonchev–Trinajstić information content (AvgIpc) is 2.86. The summed E-state index contributed by atoms with van der Waals surface area (Å²) in [5.41, 5.74) is 2.89. The first kappa shape index (κ1) is 20.8. The largest absolute Gasteiger partial charge is 0.465 e. The van der Waals surface area contributed by atoms with Gasteiger partial charge in [-0.2, -0.15) is 0 Å². The molecule has 1 N–H and O–H groups in total. The number of ketones is 1. The van der Waals surface area contributed by atoms with Crippen molar-refractivity contribution in [1.29, 1.82) is 0 Å². The number of methoxy groups -OCH3 is 1. The van der Waals surface area contributed by atoms with E-state index in [9.17, 15) is 14.7 Å². The summed E-state index contributed by atoms with van der Waals surface area (Å²) in [6.45, 7) is 2.03. The summed E-state index contributed by atoms with van der Waals surface area (Å²) in [4.78, 5) is 25.1. The van der Waals surface area contributed by atoms with Crippen molar-refractivity contribution in [3.05, 3.63) is 70.8 Å². The van der Waals surface area contributed by atoms with Crippen molar-refractivity contribution in [2.75, 3.05) is 7.11 Å². The SMILES string of the molecule is CC[C@@]1(O)CC[C@@]2(Cc3ccccc3)c3ccc(C(=O)OC)cc3CC(=O)CC2C1. The zero-order valence-electron chi connectivity index (χ0n) is 17.8. The molecule has 1 unspecified atom stereocenters. The monoisotopic (exact) mass is 406 g/mol. The van der Waals surface area contributed by atoms with E-state index in [0.717, 1.165) is 30.4 Å². The lowest BCUT2D eigenvalue weighted by Crippen LogP contribution is -2.49. The number of hydrogen-bond donors (Lipinski definition) is 1. The third kappa shape index (κ3) is 3.69. The van der Waals surface area contributed by atoms with Crippen molar-refractivity contribution >= 4 is 11.8 Å². The number of ether oxygens (including phenoxy) is 1. The summed E-state index contributed by atoms with van der Waals surface area (Å²) in [5.74, 6) is -0.125. The van der Waals surface area contributed by atoms with Gasteiger partial charge in [-0.15, -0.1) is 0 Å². The Balaban J connectivity index is 1.86. The third-order valence-corrected chi connectivity index (χ3v) is 7.39. The van der Waals surface area contributed by atoms with Crippen molar-refractivity contribution in [2.24, 2.45) is 5.92 Å². The molecule has 2 aromatic carbocycles. The number of Topliss-reactive ketones (excluding diaryl/α,β-unsaturated/α-hetero) is 1. The van der Waals surface area contributed by atoms with Gasteiger partial charge in [-0.05, 0) is 66.8 Å². The number of esters is 1. The maximum Gasteiger partial charge on any atom is 0.337 e. The first-order valence-electron chi connectivity index (χ1n) is 10.9. The lowest BCUT2D eigenvalue weighted by Gasteiger charge is -2.50. The van der Waals surface area contributed by atoms with Crippen molar-refractivity contribution in [3.63, 3.8) is 0 Å². The Labute approximate surface area is 178 Å². The van der Waals surface area contributed by atoms with Crippen molar-refractivity contribution in [3.8, 4) is 0 Å². The predicted octanol–water partition coefficient (Wildman–Crippen LogP) is 4.41. The third-order valence-electron chi connectivity index (χ3n) is 7.39. The number of rotatable bonds is 4. The number of aliphatic hydroxyl groups is 1. The van der Waals surface area contributed by atoms with Crippen LogP contribution in [0, 0.1) is 5.92 Å². The zero-order chi connectivity index (χ0) is 21.4. The summed E-state index contributed by atoms with van der Waals surface area (Å²) < 4.78 is 4.90. The molecule has 30 heavy (non-hydrogen) atoms. The lowest BCUT2D eigenvalue weighted by atomic mass is 9.55. The Bertz CT molecular complexity index is 951. The van der Waals surface area contributed by atoms with Gasteiger partial charge in [0.25, 0.3) is 0 Å². The number of benzene rings is 2. The molecule has 4 nitrogen and oxygen atoms in total. The fourth-order valence-electron chi connectivity index (χ4n) is 5.68. The molecule has 4 heteroatoms. The maximum absolute atomic E-state index is 12.9. The normalized spacial score (nSPS) is 28.2. The molecular formula is C26H30O4. The average molecular weight is 407 g/mol. The van der Waals surface area contributed by atoms with Gasteiger partial charge in [-0.3, -0.25) is 4.79 Å². The molecule has 0 bridgehead atoms. The highest BCUT2D eigenvalue weighted by Gasteiger charge is 2.51. The van der Waals surface area contributed by atoms with Gasteiger partial charge in [0.2, 0.25) is 0 Å². The van der Waals surface area contributed by atoms with Gasteiger partial charge in [0.1, 0.15) is 5.78 Å². The molecule has 0 aromatic heterocycles. The number of hydrogen-bond acceptors (Lipinski definition) is 4. The van der Waals surface area contributed by atoms with Crippen LogP contribution in [0.2, 0.25) is 0 Å². The van der Waals surface area contributed by atoms with Gasteiger partial charge < -0.3 is 9.84 Å². The zero-order valence-corrected chi connectivity index (χ0v) is 17.8. The molecule has 0 radical (unpaired) electrons. The van der Waals surface area contributed by atoms with E-state index in [4.69, 9.17) is 4.74 Å². The molecule has 3 atom stereocenters. The van der Waals surface area contributed by atoms with Gasteiger partial charge >= 0.3 is 5.97 Å². The molecule has 0 spiro atoms. The van der Waals surface area contributed by atoms with Crippen LogP contribution >= 0.6 is 0 Å². The topological polar surface area (TPSA) is 63.6 Å². The minimum atomic E-state index is -0.707. The standard InChI is InChI=1S/C26H30O4/c1-3-25(29)11-12-26(16-18-7-5-4-6-8-18)21(17-25)15-22(27)14-20-13-19(24(28)30-2)9-10-23(20)26/h4-10,13,21,29H,3,11-12,14-17H2,1-2H3/t21?,25-,26+/m1/s1. The van der Waals surface area contributed by atoms with Crippen LogP contribution in [0.4, 0.5) is 0 Å². The molecule has 2 aliphatic rings. The molecule has 158 valence electrons. The van der Waals surface area contributed by atoms with Crippen molar-refractivity contribution in [2.45, 2.75) is 62.9 Å². The number of carbonyl (C=O) groups is 2. The van der Waals surface area contributed by atoms with Crippen LogP contribution in [0.25, 0.3) is 0 Å². The van der Waals surface area contributed by atoms with E-state index in [1.165, 1.54) is 12.7 Å². The van der Waals surface area contributed by atoms with Crippen molar-refractivity contribution in [1.82, 2.24) is 0 Å². The van der Waals surface area contributed by atoms with E-state index in [-0.39, 0.29) is 23.1 Å². The summed E-state index contributed by atoms with van der Waals surface area (Å²) in [6.07, 6.45) is 4.52. The highest BCUT2D eigenvalue weighted by atomic mass is 16.5. The van der Waals surface area contributed by atoms with Crippen LogP contribution in [0.15, 0.2) is 48.5 Å². The van der Waals surface area contributed by atoms with E-state index in [1.54, 1.807) is 0 Å². The van der Waals surface area contributed by atoms with Gasteiger partial charge in [0, 0.05) is 18.3 Å². The van der Waals surface area contributed by atoms with Crippen LogP contribution in [0.3, 0.4) is 0 Å². The summed E-state index contributed by atoms with van der Waals surface area (Å²) in [5, 5.41) is 11.1. The second kappa shape index (κ2) is 7.99. The fourth-order valence-corrected chi connectivity index (χ4v) is 5.68. The van der Waals surface area contributed by atoms with Crippen LogP contribution < -0.4 is 0 Å². The highest BCUT2D eigenvalue weighted by molar-refractivity contribution is 5.90. The minimum absolute atomic E-state index is 0.0779. The Hall–Kier alpha value is -2.46. The Kier molecular flexibility index (Phi) is 5.54. The molecule has 0 heterocycles. The molecule has 1 saturated carbocycles. The summed E-state index contributed by atoms with van der Waals surface area (Å²) in [7, 11) is 1.37. The van der Waals surface area contributed by atoms with E-state index >= 15 is 0 Å².